The Balaban J connectivity index is 5.26. The van der Waals surface area contributed by atoms with Gasteiger partial charge < -0.3 is 33.8 Å². The van der Waals surface area contributed by atoms with Crippen molar-refractivity contribution < 1.29 is 80.2 Å². The van der Waals surface area contributed by atoms with Crippen LogP contribution in [0.2, 0.25) is 0 Å². The van der Waals surface area contributed by atoms with Gasteiger partial charge in [0.25, 0.3) is 0 Å². The van der Waals surface area contributed by atoms with Crippen LogP contribution in [0.3, 0.4) is 0 Å². The summed E-state index contributed by atoms with van der Waals surface area (Å²) in [5.74, 6) is 0.0884. The molecule has 0 amide bonds. The molecular formula is C64H124O17P2. The predicted octanol–water partition coefficient (Wildman–Crippen LogP) is 17.5. The molecule has 0 bridgehead atoms. The number of aliphatic hydroxyl groups excluding tert-OH is 1. The summed E-state index contributed by atoms with van der Waals surface area (Å²) in [6.07, 6.45) is 36.2. The van der Waals surface area contributed by atoms with Crippen molar-refractivity contribution in [3.63, 3.8) is 0 Å². The molecule has 0 radical (unpaired) electrons. The molecule has 4 unspecified atom stereocenters. The number of phosphoric acid groups is 2. The van der Waals surface area contributed by atoms with Crippen LogP contribution in [0.15, 0.2) is 0 Å². The molecule has 0 aliphatic rings. The van der Waals surface area contributed by atoms with E-state index in [-0.39, 0.29) is 25.7 Å². The summed E-state index contributed by atoms with van der Waals surface area (Å²) in [4.78, 5) is 72.2. The van der Waals surface area contributed by atoms with Gasteiger partial charge in [-0.1, -0.05) is 260 Å². The molecule has 0 heterocycles. The zero-order valence-electron chi connectivity index (χ0n) is 53.6. The highest BCUT2D eigenvalue weighted by Gasteiger charge is 2.30. The molecule has 17 nitrogen and oxygen atoms in total. The minimum atomic E-state index is -4.95. The summed E-state index contributed by atoms with van der Waals surface area (Å²) in [5, 5.41) is 10.5. The zero-order valence-corrected chi connectivity index (χ0v) is 55.4. The summed E-state index contributed by atoms with van der Waals surface area (Å²) in [7, 11) is -9.89. The summed E-state index contributed by atoms with van der Waals surface area (Å²) in [6, 6.07) is 0. The van der Waals surface area contributed by atoms with Crippen molar-refractivity contribution in [1.82, 2.24) is 0 Å². The van der Waals surface area contributed by atoms with Crippen LogP contribution in [0.25, 0.3) is 0 Å². The van der Waals surface area contributed by atoms with E-state index in [0.717, 1.165) is 108 Å². The Morgan fingerprint density at radius 1 is 0.349 bits per heavy atom. The highest BCUT2D eigenvalue weighted by atomic mass is 31.2. The standard InChI is InChI=1S/C64H124O17P2/c1-8-11-12-13-14-15-16-24-33-40-47-63(68)80-60(52-75-62(67)46-39-32-27-26-28-35-42-55(4)5)54-79-83(72,73)77-50-58(65)49-76-82(70,71)78-53-59(81-64(69)48-41-34-25-20-18-22-30-37-44-57(7)10-3)51-74-61(66)45-38-31-23-19-17-21-29-36-43-56(6)9-2/h55-60,65H,8-54H2,1-7H3,(H,70,71)(H,72,73)/t56?,57?,58-,59-,60-/m1/s1. The average Bonchev–Trinajstić information content (AvgIpc) is 3.45. The van der Waals surface area contributed by atoms with E-state index in [2.05, 4.69) is 48.5 Å². The van der Waals surface area contributed by atoms with E-state index in [4.69, 9.17) is 37.0 Å². The first-order valence-electron chi connectivity index (χ1n) is 33.4. The van der Waals surface area contributed by atoms with Crippen LogP contribution in [-0.2, 0) is 65.4 Å². The second-order valence-electron chi connectivity index (χ2n) is 24.1. The van der Waals surface area contributed by atoms with Crippen molar-refractivity contribution in [3.05, 3.63) is 0 Å². The molecule has 0 saturated heterocycles. The van der Waals surface area contributed by atoms with Gasteiger partial charge >= 0.3 is 39.5 Å². The topological polar surface area (TPSA) is 237 Å². The molecule has 0 aromatic rings. The number of esters is 4. The summed E-state index contributed by atoms with van der Waals surface area (Å²) >= 11 is 0. The van der Waals surface area contributed by atoms with Crippen LogP contribution in [-0.4, -0.2) is 96.7 Å². The Labute approximate surface area is 505 Å². The molecular weight excluding hydrogens is 1100 g/mol. The third-order valence-electron chi connectivity index (χ3n) is 15.4. The second-order valence-corrected chi connectivity index (χ2v) is 27.0. The van der Waals surface area contributed by atoms with Crippen LogP contribution in [0.1, 0.15) is 312 Å². The van der Waals surface area contributed by atoms with Gasteiger partial charge in [0, 0.05) is 25.7 Å². The third-order valence-corrected chi connectivity index (χ3v) is 17.3. The molecule has 0 rings (SSSR count). The first-order chi connectivity index (χ1) is 39.8. The van der Waals surface area contributed by atoms with Crippen molar-refractivity contribution in [3.8, 4) is 0 Å². The second kappa shape index (κ2) is 55.4. The van der Waals surface area contributed by atoms with Crippen LogP contribution in [0, 0.1) is 17.8 Å². The fourth-order valence-corrected chi connectivity index (χ4v) is 11.0. The first kappa shape index (κ1) is 81.1. The minimum Gasteiger partial charge on any atom is -0.462 e. The van der Waals surface area contributed by atoms with Gasteiger partial charge in [-0.05, 0) is 43.4 Å². The molecule has 0 aliphatic heterocycles. The molecule has 7 atom stereocenters. The van der Waals surface area contributed by atoms with Gasteiger partial charge in [-0.15, -0.1) is 0 Å². The summed E-state index contributed by atoms with van der Waals surface area (Å²) in [5.41, 5.74) is 0. The van der Waals surface area contributed by atoms with E-state index in [0.29, 0.717) is 31.6 Å². The molecule has 0 spiro atoms. The SMILES string of the molecule is CCCCCCCCCCCCC(=O)O[C@H](COC(=O)CCCCCCCCC(C)C)COP(=O)(O)OC[C@H](O)COP(=O)(O)OC[C@@H](COC(=O)CCCCCCCCCCC(C)CC)OC(=O)CCCCCCCCCCC(C)CC. The van der Waals surface area contributed by atoms with Gasteiger partial charge in [0.15, 0.2) is 12.2 Å². The number of carbonyl (C=O) groups is 4. The van der Waals surface area contributed by atoms with E-state index >= 15 is 0 Å². The number of ether oxygens (including phenoxy) is 4. The van der Waals surface area contributed by atoms with Crippen molar-refractivity contribution in [2.75, 3.05) is 39.6 Å². The molecule has 0 aromatic heterocycles. The molecule has 0 fully saturated rings. The maximum absolute atomic E-state index is 13.0. The quantitative estimate of drug-likeness (QED) is 0.0222. The van der Waals surface area contributed by atoms with E-state index in [1.54, 1.807) is 0 Å². The van der Waals surface area contributed by atoms with Gasteiger partial charge in [0.2, 0.25) is 0 Å². The molecule has 0 saturated carbocycles. The number of hydrogen-bond donors (Lipinski definition) is 3. The van der Waals surface area contributed by atoms with Gasteiger partial charge in [-0.3, -0.25) is 37.3 Å². The lowest BCUT2D eigenvalue weighted by Crippen LogP contribution is -2.30. The van der Waals surface area contributed by atoms with E-state index in [1.807, 2.05) is 0 Å². The number of aliphatic hydroxyl groups is 1. The lowest BCUT2D eigenvalue weighted by Gasteiger charge is -2.21. The van der Waals surface area contributed by atoms with Crippen LogP contribution >= 0.6 is 15.6 Å². The third kappa shape index (κ3) is 56.3. The van der Waals surface area contributed by atoms with Crippen LogP contribution in [0.5, 0.6) is 0 Å². The normalized spacial score (nSPS) is 15.0. The highest BCUT2D eigenvalue weighted by molar-refractivity contribution is 7.47. The van der Waals surface area contributed by atoms with Crippen molar-refractivity contribution in [2.45, 2.75) is 330 Å². The number of hydrogen-bond acceptors (Lipinski definition) is 15. The first-order valence-corrected chi connectivity index (χ1v) is 36.4. The van der Waals surface area contributed by atoms with Crippen molar-refractivity contribution in [2.24, 2.45) is 17.8 Å². The van der Waals surface area contributed by atoms with Crippen LogP contribution < -0.4 is 0 Å². The fourth-order valence-electron chi connectivity index (χ4n) is 9.42. The predicted molar refractivity (Wildman–Crippen MR) is 331 cm³/mol. The Morgan fingerprint density at radius 2 is 0.614 bits per heavy atom. The highest BCUT2D eigenvalue weighted by Crippen LogP contribution is 2.45. The van der Waals surface area contributed by atoms with E-state index in [1.165, 1.54) is 116 Å². The van der Waals surface area contributed by atoms with Gasteiger partial charge in [-0.2, -0.15) is 0 Å². The number of carbonyl (C=O) groups excluding carboxylic acids is 4. The van der Waals surface area contributed by atoms with Gasteiger partial charge in [0.1, 0.15) is 19.3 Å². The number of rotatable bonds is 62. The Morgan fingerprint density at radius 3 is 0.916 bits per heavy atom. The van der Waals surface area contributed by atoms with Gasteiger partial charge in [-0.25, -0.2) is 9.13 Å². The minimum absolute atomic E-state index is 0.104. The summed E-state index contributed by atoms with van der Waals surface area (Å²) < 4.78 is 68.0. The van der Waals surface area contributed by atoms with Crippen molar-refractivity contribution >= 4 is 39.5 Å². The molecule has 0 aliphatic carbocycles. The molecule has 492 valence electrons. The largest absolute Gasteiger partial charge is 0.472 e. The summed E-state index contributed by atoms with van der Waals surface area (Å²) in [6.45, 7) is 11.7. The fraction of sp³-hybridized carbons (Fsp3) is 0.938. The maximum Gasteiger partial charge on any atom is 0.472 e. The Bertz CT molecular complexity index is 1650. The zero-order chi connectivity index (χ0) is 61.7. The maximum atomic E-state index is 13.0. The lowest BCUT2D eigenvalue weighted by molar-refractivity contribution is -0.161. The molecule has 83 heavy (non-hydrogen) atoms. The van der Waals surface area contributed by atoms with E-state index < -0.39 is 97.5 Å². The van der Waals surface area contributed by atoms with E-state index in [9.17, 15) is 43.2 Å². The lowest BCUT2D eigenvalue weighted by atomic mass is 9.99. The Hall–Kier alpha value is -1.94. The van der Waals surface area contributed by atoms with Gasteiger partial charge in [0.05, 0.1) is 26.4 Å². The number of phosphoric ester groups is 2. The van der Waals surface area contributed by atoms with Crippen molar-refractivity contribution in [1.29, 1.82) is 0 Å². The molecule has 19 heteroatoms. The van der Waals surface area contributed by atoms with Crippen LogP contribution in [0.4, 0.5) is 0 Å². The number of unbranched alkanes of at least 4 members (excludes halogenated alkanes) is 28. The Kier molecular flexibility index (Phi) is 54.1. The average molecular weight is 1230 g/mol. The smallest absolute Gasteiger partial charge is 0.462 e. The molecule has 0 aromatic carbocycles. The molecule has 3 N–H and O–H groups in total. The monoisotopic (exact) mass is 1230 g/mol.